The van der Waals surface area contributed by atoms with E-state index in [-0.39, 0.29) is 21.7 Å². The first-order valence-corrected chi connectivity index (χ1v) is 8.37. The maximum Gasteiger partial charge on any atom is 0.262 e. The number of aldehydes is 1. The highest BCUT2D eigenvalue weighted by Crippen LogP contribution is 2.32. The first-order valence-electron chi connectivity index (χ1n) is 7.23. The van der Waals surface area contributed by atoms with Crippen LogP contribution in [-0.2, 0) is 4.79 Å². The van der Waals surface area contributed by atoms with Crippen molar-refractivity contribution >= 4 is 52.7 Å². The van der Waals surface area contributed by atoms with Gasteiger partial charge in [-0.25, -0.2) is 0 Å². The van der Waals surface area contributed by atoms with Crippen LogP contribution in [0.5, 0.6) is 11.5 Å². The highest BCUT2D eigenvalue weighted by molar-refractivity contribution is 6.44. The van der Waals surface area contributed by atoms with Gasteiger partial charge in [0.2, 0.25) is 0 Å². The molecule has 2 rings (SSSR count). The van der Waals surface area contributed by atoms with Crippen molar-refractivity contribution in [3.8, 4) is 11.5 Å². The SMILES string of the molecule is CCOc1cc(C=O)ccc1OCC(=O)Nc1cc(Cl)c(Cl)cc1Cl. The molecule has 25 heavy (non-hydrogen) atoms. The molecule has 0 spiro atoms. The maximum atomic E-state index is 12.1. The Balaban J connectivity index is 2.05. The van der Waals surface area contributed by atoms with E-state index in [4.69, 9.17) is 44.3 Å². The minimum absolute atomic E-state index is 0.257. The van der Waals surface area contributed by atoms with E-state index in [0.717, 1.165) is 0 Å². The molecule has 132 valence electrons. The summed E-state index contributed by atoms with van der Waals surface area (Å²) in [7, 11) is 0. The van der Waals surface area contributed by atoms with Gasteiger partial charge in [0.05, 0.1) is 27.4 Å². The third-order valence-electron chi connectivity index (χ3n) is 3.05. The molecule has 0 saturated carbocycles. The highest BCUT2D eigenvalue weighted by Gasteiger charge is 2.12. The maximum absolute atomic E-state index is 12.1. The number of carbonyl (C=O) groups excluding carboxylic acids is 2. The molecule has 2 aromatic rings. The lowest BCUT2D eigenvalue weighted by Crippen LogP contribution is -2.20. The van der Waals surface area contributed by atoms with Crippen LogP contribution in [0.25, 0.3) is 0 Å². The van der Waals surface area contributed by atoms with Crippen LogP contribution in [0.1, 0.15) is 17.3 Å². The quantitative estimate of drug-likeness (QED) is 0.530. The molecule has 5 nitrogen and oxygen atoms in total. The Labute approximate surface area is 159 Å². The Kier molecular flexibility index (Phi) is 6.93. The van der Waals surface area contributed by atoms with Gasteiger partial charge in [0.15, 0.2) is 18.1 Å². The summed E-state index contributed by atoms with van der Waals surface area (Å²) in [6.45, 7) is 1.91. The molecule has 0 heterocycles. The Bertz CT molecular complexity index is 796. The molecule has 1 amide bonds. The topological polar surface area (TPSA) is 64.6 Å². The zero-order valence-corrected chi connectivity index (χ0v) is 15.4. The summed E-state index contributed by atoms with van der Waals surface area (Å²) in [5, 5.41) is 3.40. The molecular formula is C17H14Cl3NO4. The molecule has 0 atom stereocenters. The van der Waals surface area contributed by atoms with Crippen molar-refractivity contribution in [1.29, 1.82) is 0 Å². The second kappa shape index (κ2) is 8.94. The first kappa shape index (κ1) is 19.4. The van der Waals surface area contributed by atoms with E-state index < -0.39 is 5.91 Å². The fraction of sp³-hybridized carbons (Fsp3) is 0.176. The van der Waals surface area contributed by atoms with Crippen molar-refractivity contribution in [3.63, 3.8) is 0 Å². The normalized spacial score (nSPS) is 10.2. The largest absolute Gasteiger partial charge is 0.490 e. The van der Waals surface area contributed by atoms with Gasteiger partial charge >= 0.3 is 0 Å². The first-order chi connectivity index (χ1) is 11.9. The van der Waals surface area contributed by atoms with Crippen molar-refractivity contribution in [2.45, 2.75) is 6.92 Å². The molecule has 8 heteroatoms. The Morgan fingerprint density at radius 3 is 2.44 bits per heavy atom. The van der Waals surface area contributed by atoms with E-state index in [1.165, 1.54) is 12.1 Å². The van der Waals surface area contributed by atoms with Crippen LogP contribution in [0.15, 0.2) is 30.3 Å². The number of nitrogens with one attached hydrogen (secondary N) is 1. The molecule has 0 aliphatic heterocycles. The summed E-state index contributed by atoms with van der Waals surface area (Å²) < 4.78 is 10.9. The lowest BCUT2D eigenvalue weighted by Gasteiger charge is -2.13. The molecule has 0 bridgehead atoms. The average Bonchev–Trinajstić information content (AvgIpc) is 2.58. The number of ether oxygens (including phenoxy) is 2. The summed E-state index contributed by atoms with van der Waals surface area (Å²) >= 11 is 17.8. The number of amides is 1. The van der Waals surface area contributed by atoms with Gasteiger partial charge in [-0.1, -0.05) is 34.8 Å². The fourth-order valence-electron chi connectivity index (χ4n) is 1.93. The summed E-state index contributed by atoms with van der Waals surface area (Å²) in [4.78, 5) is 22.9. The van der Waals surface area contributed by atoms with Crippen LogP contribution >= 0.6 is 34.8 Å². The van der Waals surface area contributed by atoms with Gasteiger partial charge < -0.3 is 14.8 Å². The van der Waals surface area contributed by atoms with Gasteiger partial charge in [-0.05, 0) is 37.3 Å². The third-order valence-corrected chi connectivity index (χ3v) is 4.08. The standard InChI is InChI=1S/C17H14Cl3NO4/c1-2-24-16-5-10(8-22)3-4-15(16)25-9-17(23)21-14-7-12(19)11(18)6-13(14)20/h3-8H,2,9H2,1H3,(H,21,23). The molecule has 0 fully saturated rings. The average molecular weight is 403 g/mol. The van der Waals surface area contributed by atoms with Gasteiger partial charge in [-0.3, -0.25) is 9.59 Å². The highest BCUT2D eigenvalue weighted by atomic mass is 35.5. The Morgan fingerprint density at radius 2 is 1.76 bits per heavy atom. The summed E-state index contributed by atoms with van der Waals surface area (Å²) in [6.07, 6.45) is 0.700. The molecular weight excluding hydrogens is 389 g/mol. The van der Waals surface area contributed by atoms with E-state index in [1.54, 1.807) is 25.1 Å². The lowest BCUT2D eigenvalue weighted by molar-refractivity contribution is -0.118. The molecule has 1 N–H and O–H groups in total. The van der Waals surface area contributed by atoms with Crippen LogP contribution in [0.3, 0.4) is 0 Å². The second-order valence-electron chi connectivity index (χ2n) is 4.84. The van der Waals surface area contributed by atoms with Gasteiger partial charge in [-0.2, -0.15) is 0 Å². The summed E-state index contributed by atoms with van der Waals surface area (Å²) in [5.41, 5.74) is 0.772. The molecule has 0 radical (unpaired) electrons. The number of hydrogen-bond donors (Lipinski definition) is 1. The molecule has 2 aromatic carbocycles. The van der Waals surface area contributed by atoms with Crippen LogP contribution in [0.4, 0.5) is 5.69 Å². The van der Waals surface area contributed by atoms with Crippen LogP contribution < -0.4 is 14.8 Å². The van der Waals surface area contributed by atoms with Crippen molar-refractivity contribution in [1.82, 2.24) is 0 Å². The number of rotatable bonds is 7. The summed E-state index contributed by atoms with van der Waals surface area (Å²) in [6, 6.07) is 7.56. The number of halogens is 3. The fourth-order valence-corrected chi connectivity index (χ4v) is 2.53. The van der Waals surface area contributed by atoms with Gasteiger partial charge in [0, 0.05) is 5.56 Å². The van der Waals surface area contributed by atoms with Crippen molar-refractivity contribution in [3.05, 3.63) is 51.0 Å². The molecule has 0 unspecified atom stereocenters. The predicted molar refractivity (Wildman–Crippen MR) is 98.6 cm³/mol. The zero-order valence-electron chi connectivity index (χ0n) is 13.1. The van der Waals surface area contributed by atoms with E-state index in [2.05, 4.69) is 5.32 Å². The van der Waals surface area contributed by atoms with E-state index in [9.17, 15) is 9.59 Å². The number of anilines is 1. The second-order valence-corrected chi connectivity index (χ2v) is 6.06. The van der Waals surface area contributed by atoms with Gasteiger partial charge in [0.1, 0.15) is 6.29 Å². The number of hydrogen-bond acceptors (Lipinski definition) is 4. The van der Waals surface area contributed by atoms with Gasteiger partial charge in [0.25, 0.3) is 5.91 Å². The minimum atomic E-state index is -0.442. The summed E-state index contributed by atoms with van der Waals surface area (Å²) in [5.74, 6) is 0.289. The number of carbonyl (C=O) groups is 2. The molecule has 0 aromatic heterocycles. The van der Waals surface area contributed by atoms with Crippen molar-refractivity contribution in [2.24, 2.45) is 0 Å². The van der Waals surface area contributed by atoms with E-state index in [1.807, 2.05) is 0 Å². The van der Waals surface area contributed by atoms with Crippen LogP contribution in [0, 0.1) is 0 Å². The Morgan fingerprint density at radius 1 is 1.04 bits per heavy atom. The smallest absolute Gasteiger partial charge is 0.262 e. The third kappa shape index (κ3) is 5.26. The van der Waals surface area contributed by atoms with E-state index in [0.29, 0.717) is 35.6 Å². The van der Waals surface area contributed by atoms with Crippen LogP contribution in [-0.4, -0.2) is 25.4 Å². The zero-order chi connectivity index (χ0) is 18.4. The minimum Gasteiger partial charge on any atom is -0.490 e. The van der Waals surface area contributed by atoms with Crippen LogP contribution in [0.2, 0.25) is 15.1 Å². The lowest BCUT2D eigenvalue weighted by atomic mass is 10.2. The van der Waals surface area contributed by atoms with Crippen molar-refractivity contribution in [2.75, 3.05) is 18.5 Å². The van der Waals surface area contributed by atoms with E-state index >= 15 is 0 Å². The monoisotopic (exact) mass is 401 g/mol. The predicted octanol–water partition coefficient (Wildman–Crippen LogP) is 4.88. The molecule has 0 aliphatic carbocycles. The van der Waals surface area contributed by atoms with Gasteiger partial charge in [-0.15, -0.1) is 0 Å². The Hall–Kier alpha value is -1.95. The van der Waals surface area contributed by atoms with Crippen molar-refractivity contribution < 1.29 is 19.1 Å². The molecule has 0 aliphatic rings. The molecule has 0 saturated heterocycles. The number of benzene rings is 2.